The van der Waals surface area contributed by atoms with Crippen LogP contribution in [0.1, 0.15) is 15.9 Å². The predicted molar refractivity (Wildman–Crippen MR) is 122 cm³/mol. The van der Waals surface area contributed by atoms with E-state index >= 15 is 0 Å². The van der Waals surface area contributed by atoms with Crippen LogP contribution in [0.3, 0.4) is 0 Å². The van der Waals surface area contributed by atoms with Gasteiger partial charge in [-0.2, -0.15) is 0 Å². The minimum atomic E-state index is -3.98. The highest BCUT2D eigenvalue weighted by molar-refractivity contribution is 7.92. The average Bonchev–Trinajstić information content (AvgIpc) is 2.82. The summed E-state index contributed by atoms with van der Waals surface area (Å²) in [5.74, 6) is -1.93. The van der Waals surface area contributed by atoms with E-state index in [1.807, 2.05) is 0 Å². The van der Waals surface area contributed by atoms with Crippen LogP contribution in [0.25, 0.3) is 0 Å². The van der Waals surface area contributed by atoms with E-state index < -0.39 is 34.3 Å². The Hall–Kier alpha value is -3.43. The lowest BCUT2D eigenvalue weighted by Crippen LogP contribution is -2.28. The summed E-state index contributed by atoms with van der Waals surface area (Å²) in [6.45, 7) is -0.478. The molecule has 0 saturated heterocycles. The number of rotatable bonds is 8. The van der Waals surface area contributed by atoms with Crippen molar-refractivity contribution in [3.63, 3.8) is 0 Å². The van der Waals surface area contributed by atoms with Crippen molar-refractivity contribution < 1.29 is 27.1 Å². The Bertz CT molecular complexity index is 1250. The van der Waals surface area contributed by atoms with E-state index in [4.69, 9.17) is 16.3 Å². The first kappa shape index (κ1) is 24.2. The van der Waals surface area contributed by atoms with E-state index in [1.165, 1.54) is 43.4 Å². The number of hydrogen-bond donors (Lipinski definition) is 1. The normalized spacial score (nSPS) is 11.0. The van der Waals surface area contributed by atoms with Crippen LogP contribution in [0, 0.1) is 5.82 Å². The van der Waals surface area contributed by atoms with Gasteiger partial charge in [-0.25, -0.2) is 17.6 Å². The first-order valence-corrected chi connectivity index (χ1v) is 11.5. The molecule has 172 valence electrons. The lowest BCUT2D eigenvalue weighted by atomic mass is 10.2. The molecule has 0 aliphatic carbocycles. The summed E-state index contributed by atoms with van der Waals surface area (Å²) in [6.07, 6.45) is 0. The summed E-state index contributed by atoms with van der Waals surface area (Å²) in [4.78, 5) is 24.3. The molecule has 1 N–H and O–H groups in total. The molecule has 1 amide bonds. The lowest BCUT2D eigenvalue weighted by molar-refractivity contribution is -0.124. The van der Waals surface area contributed by atoms with Crippen LogP contribution in [0.2, 0.25) is 5.02 Å². The number of hydrogen-bond acceptors (Lipinski definition) is 5. The maximum atomic E-state index is 13.0. The van der Waals surface area contributed by atoms with Crippen LogP contribution in [-0.2, 0) is 26.1 Å². The van der Waals surface area contributed by atoms with Crippen LogP contribution < -0.4 is 9.62 Å². The van der Waals surface area contributed by atoms with Crippen LogP contribution in [-0.4, -0.2) is 33.9 Å². The highest BCUT2D eigenvalue weighted by Crippen LogP contribution is 2.26. The Kier molecular flexibility index (Phi) is 7.67. The van der Waals surface area contributed by atoms with Crippen LogP contribution in [0.4, 0.5) is 10.1 Å². The second-order valence-electron chi connectivity index (χ2n) is 6.93. The van der Waals surface area contributed by atoms with Crippen LogP contribution in [0.5, 0.6) is 0 Å². The van der Waals surface area contributed by atoms with Crippen molar-refractivity contribution in [2.75, 3.05) is 18.0 Å². The lowest BCUT2D eigenvalue weighted by Gasteiger charge is -2.20. The zero-order valence-corrected chi connectivity index (χ0v) is 19.1. The topological polar surface area (TPSA) is 92.8 Å². The number of sulfonamides is 1. The fraction of sp³-hybridized carbons (Fsp3) is 0.130. The number of benzene rings is 3. The van der Waals surface area contributed by atoms with Gasteiger partial charge in [0.15, 0.2) is 6.61 Å². The third-order valence-corrected chi connectivity index (χ3v) is 6.78. The van der Waals surface area contributed by atoms with Gasteiger partial charge in [-0.15, -0.1) is 0 Å². The third-order valence-electron chi connectivity index (χ3n) is 4.67. The van der Waals surface area contributed by atoms with E-state index in [-0.39, 0.29) is 22.0 Å². The zero-order chi connectivity index (χ0) is 24.0. The van der Waals surface area contributed by atoms with Gasteiger partial charge in [0.1, 0.15) is 5.82 Å². The average molecular weight is 491 g/mol. The number of carbonyl (C=O) groups excluding carboxylic acids is 2. The van der Waals surface area contributed by atoms with Crippen molar-refractivity contribution in [3.8, 4) is 0 Å². The Morgan fingerprint density at radius 2 is 1.70 bits per heavy atom. The second kappa shape index (κ2) is 10.5. The Morgan fingerprint density at radius 1 is 1.03 bits per heavy atom. The van der Waals surface area contributed by atoms with Crippen molar-refractivity contribution >= 4 is 39.2 Å². The van der Waals surface area contributed by atoms with Gasteiger partial charge in [-0.3, -0.25) is 9.10 Å². The van der Waals surface area contributed by atoms with Gasteiger partial charge in [-0.05, 0) is 48.0 Å². The van der Waals surface area contributed by atoms with E-state index in [0.29, 0.717) is 11.3 Å². The first-order chi connectivity index (χ1) is 15.7. The fourth-order valence-corrected chi connectivity index (χ4v) is 4.24. The summed E-state index contributed by atoms with van der Waals surface area (Å²) in [5, 5.41) is 2.51. The molecule has 3 rings (SSSR count). The maximum Gasteiger partial charge on any atom is 0.340 e. The van der Waals surface area contributed by atoms with Gasteiger partial charge in [0.2, 0.25) is 0 Å². The molecule has 0 unspecified atom stereocenters. The van der Waals surface area contributed by atoms with E-state index in [1.54, 1.807) is 30.3 Å². The highest BCUT2D eigenvalue weighted by Gasteiger charge is 2.24. The molecular weight excluding hydrogens is 471 g/mol. The van der Waals surface area contributed by atoms with Gasteiger partial charge in [-0.1, -0.05) is 41.9 Å². The number of nitrogens with zero attached hydrogens (tertiary/aromatic N) is 1. The molecule has 0 radical (unpaired) electrons. The van der Waals surface area contributed by atoms with Gasteiger partial charge >= 0.3 is 5.97 Å². The van der Waals surface area contributed by atoms with E-state index in [0.717, 1.165) is 10.4 Å². The minimum absolute atomic E-state index is 0.0203. The summed E-state index contributed by atoms with van der Waals surface area (Å²) < 4.78 is 44.9. The molecule has 7 nitrogen and oxygen atoms in total. The maximum absolute atomic E-state index is 13.0. The van der Waals surface area contributed by atoms with E-state index in [9.17, 15) is 22.4 Å². The molecule has 0 bridgehead atoms. The fourth-order valence-electron chi connectivity index (χ4n) is 2.82. The number of anilines is 1. The van der Waals surface area contributed by atoms with Gasteiger partial charge in [0, 0.05) is 13.6 Å². The van der Waals surface area contributed by atoms with Gasteiger partial charge in [0.25, 0.3) is 15.9 Å². The third kappa shape index (κ3) is 6.09. The highest BCUT2D eigenvalue weighted by atomic mass is 35.5. The molecule has 0 atom stereocenters. The summed E-state index contributed by atoms with van der Waals surface area (Å²) in [6, 6.07) is 17.6. The molecule has 0 aliphatic heterocycles. The molecule has 0 aromatic heterocycles. The molecule has 0 aliphatic rings. The molecule has 10 heteroatoms. The summed E-state index contributed by atoms with van der Waals surface area (Å²) >= 11 is 6.07. The molecule has 0 heterocycles. The molecule has 33 heavy (non-hydrogen) atoms. The molecule has 0 fully saturated rings. The SMILES string of the molecule is CN(c1ccccc1)S(=O)(=O)c1ccc(Cl)c(C(=O)OCC(=O)NCc2ccc(F)cc2)c1. The quantitative estimate of drug-likeness (QED) is 0.485. The van der Waals surface area contributed by atoms with Crippen LogP contribution in [0.15, 0.2) is 77.7 Å². The van der Waals surface area contributed by atoms with Crippen LogP contribution >= 0.6 is 11.6 Å². The number of ether oxygens (including phenoxy) is 1. The Morgan fingerprint density at radius 3 is 2.36 bits per heavy atom. The van der Waals surface area contributed by atoms with Gasteiger partial charge < -0.3 is 10.1 Å². The number of nitrogens with one attached hydrogen (secondary N) is 1. The number of amides is 1. The van der Waals surface area contributed by atoms with E-state index in [2.05, 4.69) is 5.32 Å². The smallest absolute Gasteiger partial charge is 0.340 e. The van der Waals surface area contributed by atoms with Crippen molar-refractivity contribution in [1.29, 1.82) is 0 Å². The Labute approximate surface area is 195 Å². The Balaban J connectivity index is 1.66. The minimum Gasteiger partial charge on any atom is -0.452 e. The largest absolute Gasteiger partial charge is 0.452 e. The molecule has 3 aromatic rings. The van der Waals surface area contributed by atoms with Gasteiger partial charge in [0.05, 0.1) is 21.2 Å². The predicted octanol–water partition coefficient (Wildman–Crippen LogP) is 3.78. The summed E-state index contributed by atoms with van der Waals surface area (Å²) in [7, 11) is -2.59. The molecule has 0 saturated carbocycles. The number of para-hydroxylation sites is 1. The van der Waals surface area contributed by atoms with Crippen molar-refractivity contribution in [1.82, 2.24) is 5.32 Å². The standard InChI is InChI=1S/C23H20ClFN2O5S/c1-27(18-5-3-2-4-6-18)33(30,31)19-11-12-21(24)20(13-19)23(29)32-15-22(28)26-14-16-7-9-17(25)10-8-16/h2-13H,14-15H2,1H3,(H,26,28). The van der Waals surface area contributed by atoms with Crippen molar-refractivity contribution in [2.24, 2.45) is 0 Å². The summed E-state index contributed by atoms with van der Waals surface area (Å²) in [5.41, 5.74) is 0.916. The number of halogens is 2. The molecule has 3 aromatic carbocycles. The number of carbonyl (C=O) groups is 2. The molecule has 0 spiro atoms. The zero-order valence-electron chi connectivity index (χ0n) is 17.5. The second-order valence-corrected chi connectivity index (χ2v) is 9.31. The van der Waals surface area contributed by atoms with Crippen molar-refractivity contribution in [3.05, 3.63) is 94.8 Å². The monoisotopic (exact) mass is 490 g/mol. The number of esters is 1. The molecular formula is C23H20ClFN2O5S. The first-order valence-electron chi connectivity index (χ1n) is 9.70. The van der Waals surface area contributed by atoms with Crippen molar-refractivity contribution in [2.45, 2.75) is 11.4 Å².